The first-order valence-corrected chi connectivity index (χ1v) is 12.8. The standard InChI is InChI=1S/C31H30N2O5/c1-20(22-8-4-3-5-9-22)37-30(36)32-27-21(2)38-33-28(27)25-12-10-23(11-13-25)24-14-16-26(17-15-24)31(29(34)35)18-6-7-19-31/h3-5,8-17,20H,6-7,18-19H2,1-2H3,(H,32,36)(H,34,35). The minimum atomic E-state index is -0.767. The summed E-state index contributed by atoms with van der Waals surface area (Å²) in [5.74, 6) is -0.263. The summed E-state index contributed by atoms with van der Waals surface area (Å²) in [6, 6.07) is 25.1. The van der Waals surface area contributed by atoms with E-state index in [2.05, 4.69) is 10.5 Å². The topological polar surface area (TPSA) is 102 Å². The third-order valence-corrected chi connectivity index (χ3v) is 7.44. The normalized spacial score (nSPS) is 15.1. The molecule has 7 heteroatoms. The minimum absolute atomic E-state index is 0.412. The minimum Gasteiger partial charge on any atom is -0.481 e. The summed E-state index contributed by atoms with van der Waals surface area (Å²) in [5.41, 5.74) is 4.73. The second-order valence-corrected chi connectivity index (χ2v) is 9.79. The molecule has 3 aromatic carbocycles. The van der Waals surface area contributed by atoms with E-state index in [1.54, 1.807) is 6.92 Å². The van der Waals surface area contributed by atoms with Crippen LogP contribution in [-0.2, 0) is 14.9 Å². The third-order valence-electron chi connectivity index (χ3n) is 7.44. The molecule has 1 saturated carbocycles. The van der Waals surface area contributed by atoms with Gasteiger partial charge in [-0.1, -0.05) is 96.9 Å². The van der Waals surface area contributed by atoms with E-state index in [0.717, 1.165) is 40.7 Å². The molecule has 1 aromatic heterocycles. The summed E-state index contributed by atoms with van der Waals surface area (Å²) >= 11 is 0. The van der Waals surface area contributed by atoms with Crippen molar-refractivity contribution in [2.75, 3.05) is 5.32 Å². The molecule has 1 amide bonds. The Balaban J connectivity index is 1.31. The molecule has 1 fully saturated rings. The maximum Gasteiger partial charge on any atom is 0.412 e. The Morgan fingerprint density at radius 1 is 0.921 bits per heavy atom. The molecule has 1 unspecified atom stereocenters. The van der Waals surface area contributed by atoms with Gasteiger partial charge in [-0.2, -0.15) is 0 Å². The molecular formula is C31H30N2O5. The predicted octanol–water partition coefficient (Wildman–Crippen LogP) is 7.52. The number of aromatic nitrogens is 1. The summed E-state index contributed by atoms with van der Waals surface area (Å²) in [6.07, 6.45) is 2.25. The number of carboxylic acid groups (broad SMARTS) is 1. The van der Waals surface area contributed by atoms with E-state index < -0.39 is 23.6 Å². The van der Waals surface area contributed by atoms with E-state index in [0.29, 0.717) is 30.0 Å². The lowest BCUT2D eigenvalue weighted by molar-refractivity contribution is -0.143. The van der Waals surface area contributed by atoms with Crippen molar-refractivity contribution in [2.24, 2.45) is 0 Å². The Morgan fingerprint density at radius 2 is 1.50 bits per heavy atom. The van der Waals surface area contributed by atoms with Crippen LogP contribution in [0.4, 0.5) is 10.5 Å². The van der Waals surface area contributed by atoms with E-state index in [9.17, 15) is 14.7 Å². The van der Waals surface area contributed by atoms with Crippen molar-refractivity contribution in [3.8, 4) is 22.4 Å². The quantitative estimate of drug-likeness (QED) is 0.267. The number of aliphatic carboxylic acids is 1. The number of hydrogen-bond donors (Lipinski definition) is 2. The van der Waals surface area contributed by atoms with Gasteiger partial charge in [-0.05, 0) is 48.9 Å². The largest absolute Gasteiger partial charge is 0.481 e. The lowest BCUT2D eigenvalue weighted by Crippen LogP contribution is -2.32. The highest BCUT2D eigenvalue weighted by Crippen LogP contribution is 2.42. The fraction of sp³-hybridized carbons (Fsp3) is 0.258. The van der Waals surface area contributed by atoms with Crippen LogP contribution in [-0.4, -0.2) is 22.3 Å². The molecule has 0 aliphatic heterocycles. The average Bonchev–Trinajstić information content (AvgIpc) is 3.58. The van der Waals surface area contributed by atoms with Crippen LogP contribution >= 0.6 is 0 Å². The Labute approximate surface area is 221 Å². The van der Waals surface area contributed by atoms with Crippen LogP contribution < -0.4 is 5.32 Å². The zero-order valence-electron chi connectivity index (χ0n) is 21.4. The lowest BCUT2D eigenvalue weighted by Gasteiger charge is -2.24. The molecule has 0 radical (unpaired) electrons. The molecule has 0 spiro atoms. The van der Waals surface area contributed by atoms with Crippen LogP contribution in [0.3, 0.4) is 0 Å². The summed E-state index contributed by atoms with van der Waals surface area (Å²) < 4.78 is 10.9. The van der Waals surface area contributed by atoms with Crippen molar-refractivity contribution in [2.45, 2.75) is 51.0 Å². The fourth-order valence-electron chi connectivity index (χ4n) is 5.21. The van der Waals surface area contributed by atoms with Gasteiger partial charge in [-0.15, -0.1) is 0 Å². The highest BCUT2D eigenvalue weighted by molar-refractivity contribution is 5.91. The number of amides is 1. The van der Waals surface area contributed by atoms with Gasteiger partial charge in [-0.25, -0.2) is 4.79 Å². The number of carboxylic acids is 1. The van der Waals surface area contributed by atoms with Crippen molar-refractivity contribution >= 4 is 17.7 Å². The number of rotatable bonds is 7. The van der Waals surface area contributed by atoms with Crippen LogP contribution in [0.2, 0.25) is 0 Å². The number of aryl methyl sites for hydroxylation is 1. The first-order chi connectivity index (χ1) is 18.4. The van der Waals surface area contributed by atoms with Gasteiger partial charge in [0.15, 0.2) is 5.76 Å². The monoisotopic (exact) mass is 510 g/mol. The molecule has 1 heterocycles. The van der Waals surface area contributed by atoms with Gasteiger partial charge >= 0.3 is 12.1 Å². The molecule has 194 valence electrons. The second-order valence-electron chi connectivity index (χ2n) is 9.79. The number of ether oxygens (including phenoxy) is 1. The van der Waals surface area contributed by atoms with Crippen molar-refractivity contribution in [3.05, 3.63) is 95.7 Å². The smallest absolute Gasteiger partial charge is 0.412 e. The van der Waals surface area contributed by atoms with E-state index in [1.165, 1.54) is 0 Å². The number of carbonyl (C=O) groups excluding carboxylic acids is 1. The molecule has 1 atom stereocenters. The Hall–Kier alpha value is -4.39. The Bertz CT molecular complexity index is 1420. The summed E-state index contributed by atoms with van der Waals surface area (Å²) in [7, 11) is 0. The summed E-state index contributed by atoms with van der Waals surface area (Å²) in [4.78, 5) is 24.6. The first-order valence-electron chi connectivity index (χ1n) is 12.8. The van der Waals surface area contributed by atoms with Gasteiger partial charge in [0.05, 0.1) is 5.41 Å². The van der Waals surface area contributed by atoms with Gasteiger partial charge in [-0.3, -0.25) is 10.1 Å². The number of nitrogens with one attached hydrogen (secondary N) is 1. The molecule has 7 nitrogen and oxygen atoms in total. The molecule has 1 aliphatic carbocycles. The number of anilines is 1. The highest BCUT2D eigenvalue weighted by Gasteiger charge is 2.42. The third kappa shape index (κ3) is 4.92. The summed E-state index contributed by atoms with van der Waals surface area (Å²) in [5, 5.41) is 16.8. The fourth-order valence-corrected chi connectivity index (χ4v) is 5.21. The van der Waals surface area contributed by atoms with E-state index in [4.69, 9.17) is 9.26 Å². The molecule has 0 bridgehead atoms. The van der Waals surface area contributed by atoms with Crippen molar-refractivity contribution in [1.29, 1.82) is 0 Å². The van der Waals surface area contributed by atoms with E-state index in [-0.39, 0.29) is 0 Å². The average molecular weight is 511 g/mol. The van der Waals surface area contributed by atoms with Crippen molar-refractivity contribution in [3.63, 3.8) is 0 Å². The van der Waals surface area contributed by atoms with Crippen molar-refractivity contribution < 1.29 is 24.0 Å². The van der Waals surface area contributed by atoms with Gasteiger partial charge in [0.1, 0.15) is 17.5 Å². The second kappa shape index (κ2) is 10.5. The highest BCUT2D eigenvalue weighted by atomic mass is 16.6. The predicted molar refractivity (Wildman–Crippen MR) is 145 cm³/mol. The van der Waals surface area contributed by atoms with Gasteiger partial charge in [0.2, 0.25) is 0 Å². The zero-order valence-corrected chi connectivity index (χ0v) is 21.4. The molecule has 2 N–H and O–H groups in total. The lowest BCUT2D eigenvalue weighted by atomic mass is 9.78. The number of hydrogen-bond acceptors (Lipinski definition) is 5. The molecule has 0 saturated heterocycles. The van der Waals surface area contributed by atoms with Crippen LogP contribution in [0, 0.1) is 6.92 Å². The summed E-state index contributed by atoms with van der Waals surface area (Å²) in [6.45, 7) is 3.55. The van der Waals surface area contributed by atoms with Crippen LogP contribution in [0.15, 0.2) is 83.4 Å². The maximum atomic E-state index is 12.6. The SMILES string of the molecule is Cc1onc(-c2ccc(-c3ccc(C4(C(=O)O)CCCC4)cc3)cc2)c1NC(=O)OC(C)c1ccccc1. The number of carbonyl (C=O) groups is 2. The van der Waals surface area contributed by atoms with Crippen molar-refractivity contribution in [1.82, 2.24) is 5.16 Å². The van der Waals surface area contributed by atoms with Gasteiger partial charge in [0.25, 0.3) is 0 Å². The van der Waals surface area contributed by atoms with Crippen LogP contribution in [0.25, 0.3) is 22.4 Å². The zero-order chi connectivity index (χ0) is 26.7. The van der Waals surface area contributed by atoms with E-state index in [1.807, 2.05) is 85.8 Å². The molecule has 1 aliphatic rings. The van der Waals surface area contributed by atoms with Gasteiger partial charge < -0.3 is 14.4 Å². The van der Waals surface area contributed by atoms with Gasteiger partial charge in [0, 0.05) is 5.56 Å². The molecule has 5 rings (SSSR count). The Morgan fingerprint density at radius 3 is 2.11 bits per heavy atom. The van der Waals surface area contributed by atoms with Crippen LogP contribution in [0.5, 0.6) is 0 Å². The molecule has 4 aromatic rings. The molecule has 38 heavy (non-hydrogen) atoms. The van der Waals surface area contributed by atoms with E-state index >= 15 is 0 Å². The van der Waals surface area contributed by atoms with Crippen LogP contribution in [0.1, 0.15) is 55.6 Å². The molecular weight excluding hydrogens is 480 g/mol. The first kappa shape index (κ1) is 25.3. The Kier molecular flexibility index (Phi) is 7.01. The maximum absolute atomic E-state index is 12.6. The number of nitrogens with zero attached hydrogens (tertiary/aromatic N) is 1. The number of benzene rings is 3.